The normalized spacial score (nSPS) is 19.7. The van der Waals surface area contributed by atoms with E-state index in [4.69, 9.17) is 22.1 Å². The first-order valence-electron chi connectivity index (χ1n) is 7.09. The van der Waals surface area contributed by atoms with E-state index in [1.807, 2.05) is 6.07 Å². The molecule has 1 aliphatic rings. The Morgan fingerprint density at radius 1 is 1.45 bits per heavy atom. The molecule has 5 nitrogen and oxygen atoms in total. The van der Waals surface area contributed by atoms with Crippen LogP contribution in [0.2, 0.25) is 5.02 Å². The summed E-state index contributed by atoms with van der Waals surface area (Å²) in [4.78, 5) is 0.174. The van der Waals surface area contributed by atoms with Gasteiger partial charge in [-0.2, -0.15) is 4.31 Å². The maximum absolute atomic E-state index is 12.8. The van der Waals surface area contributed by atoms with Crippen LogP contribution < -0.4 is 5.73 Å². The topological polar surface area (TPSA) is 72.6 Å². The molecule has 1 aromatic carbocycles. The highest BCUT2D eigenvalue weighted by Crippen LogP contribution is 2.27. The number of sulfonamides is 1. The molecule has 0 saturated carbocycles. The second kappa shape index (κ2) is 8.47. The number of nitrogens with zero attached hydrogens (tertiary/aromatic N) is 1. The molecule has 1 saturated heterocycles. The fraction of sp³-hybridized carbons (Fsp3) is 0.571. The van der Waals surface area contributed by atoms with Gasteiger partial charge in [-0.25, -0.2) is 8.42 Å². The minimum atomic E-state index is -3.61. The Morgan fingerprint density at radius 3 is 2.82 bits per heavy atom. The van der Waals surface area contributed by atoms with Gasteiger partial charge in [0, 0.05) is 19.6 Å². The third kappa shape index (κ3) is 4.34. The number of morpholine rings is 1. The maximum atomic E-state index is 12.8. The molecule has 1 heterocycles. The van der Waals surface area contributed by atoms with Crippen LogP contribution in [0, 0.1) is 0 Å². The van der Waals surface area contributed by atoms with Crippen molar-refractivity contribution in [3.8, 4) is 0 Å². The Bertz CT molecular complexity index is 596. The molecule has 0 aromatic heterocycles. The lowest BCUT2D eigenvalue weighted by atomic mass is 10.1. The standard InChI is InChI=1S/C14H21ClN2O3S.ClH/c1-2-3-11-4-5-13(15)14(8-11)21(18,19)17-6-7-20-12(9-16)10-17;/h4-5,8,12H,2-3,6-7,9-10,16H2,1H3;1H. The zero-order valence-corrected chi connectivity index (χ0v) is 14.9. The Morgan fingerprint density at radius 2 is 2.18 bits per heavy atom. The van der Waals surface area contributed by atoms with Crippen molar-refractivity contribution in [1.29, 1.82) is 0 Å². The molecular weight excluding hydrogens is 347 g/mol. The number of ether oxygens (including phenoxy) is 1. The second-order valence-corrected chi connectivity index (χ2v) is 7.42. The Labute approximate surface area is 143 Å². The van der Waals surface area contributed by atoms with Gasteiger partial charge in [0.05, 0.1) is 17.7 Å². The molecule has 0 amide bonds. The lowest BCUT2D eigenvalue weighted by Crippen LogP contribution is -2.48. The van der Waals surface area contributed by atoms with E-state index >= 15 is 0 Å². The van der Waals surface area contributed by atoms with Crippen LogP contribution >= 0.6 is 24.0 Å². The van der Waals surface area contributed by atoms with Crippen LogP contribution in [0.15, 0.2) is 23.1 Å². The van der Waals surface area contributed by atoms with E-state index in [0.29, 0.717) is 19.7 Å². The van der Waals surface area contributed by atoms with E-state index in [-0.39, 0.29) is 35.0 Å². The number of aryl methyl sites for hydroxylation is 1. The van der Waals surface area contributed by atoms with Crippen LogP contribution in [0.25, 0.3) is 0 Å². The first-order valence-corrected chi connectivity index (χ1v) is 8.91. The Kier molecular flexibility index (Phi) is 7.58. The summed E-state index contributed by atoms with van der Waals surface area (Å²) in [6.45, 7) is 3.31. The fourth-order valence-corrected chi connectivity index (χ4v) is 4.36. The smallest absolute Gasteiger partial charge is 0.244 e. The van der Waals surface area contributed by atoms with Crippen molar-refractivity contribution in [2.45, 2.75) is 30.8 Å². The number of benzene rings is 1. The van der Waals surface area contributed by atoms with E-state index < -0.39 is 10.0 Å². The molecule has 0 spiro atoms. The number of rotatable bonds is 5. The molecule has 22 heavy (non-hydrogen) atoms. The highest BCUT2D eigenvalue weighted by molar-refractivity contribution is 7.89. The first-order chi connectivity index (χ1) is 9.98. The van der Waals surface area contributed by atoms with E-state index in [1.165, 1.54) is 4.31 Å². The van der Waals surface area contributed by atoms with Crippen LogP contribution in [0.5, 0.6) is 0 Å². The van der Waals surface area contributed by atoms with E-state index in [0.717, 1.165) is 18.4 Å². The molecule has 0 aliphatic carbocycles. The fourth-order valence-electron chi connectivity index (χ4n) is 2.38. The Balaban J connectivity index is 0.00000242. The minimum Gasteiger partial charge on any atom is -0.374 e. The summed E-state index contributed by atoms with van der Waals surface area (Å²) >= 11 is 6.11. The second-order valence-electron chi connectivity index (χ2n) is 5.11. The summed E-state index contributed by atoms with van der Waals surface area (Å²) < 4.78 is 32.4. The number of halogens is 2. The van der Waals surface area contributed by atoms with Gasteiger partial charge >= 0.3 is 0 Å². The highest BCUT2D eigenvalue weighted by Gasteiger charge is 2.31. The van der Waals surface area contributed by atoms with Crippen molar-refractivity contribution in [2.24, 2.45) is 5.73 Å². The van der Waals surface area contributed by atoms with Gasteiger partial charge in [0.2, 0.25) is 10.0 Å². The van der Waals surface area contributed by atoms with Crippen molar-refractivity contribution in [3.05, 3.63) is 28.8 Å². The highest BCUT2D eigenvalue weighted by atomic mass is 35.5. The third-order valence-corrected chi connectivity index (χ3v) is 5.86. The molecule has 0 radical (unpaired) electrons. The summed E-state index contributed by atoms with van der Waals surface area (Å²) in [7, 11) is -3.61. The van der Waals surface area contributed by atoms with Gasteiger partial charge in [0.15, 0.2) is 0 Å². The van der Waals surface area contributed by atoms with Gasteiger partial charge in [0.25, 0.3) is 0 Å². The van der Waals surface area contributed by atoms with Crippen LogP contribution in [-0.2, 0) is 21.2 Å². The molecule has 1 fully saturated rings. The lowest BCUT2D eigenvalue weighted by molar-refractivity contribution is 0.00451. The summed E-state index contributed by atoms with van der Waals surface area (Å²) in [6, 6.07) is 5.20. The number of hydrogen-bond acceptors (Lipinski definition) is 4. The van der Waals surface area contributed by atoms with Crippen molar-refractivity contribution < 1.29 is 13.2 Å². The van der Waals surface area contributed by atoms with E-state index in [2.05, 4.69) is 6.92 Å². The monoisotopic (exact) mass is 368 g/mol. The first kappa shape index (κ1) is 19.7. The zero-order chi connectivity index (χ0) is 15.5. The molecule has 1 aromatic rings. The molecular formula is C14H22Cl2N2O3S. The van der Waals surface area contributed by atoms with Gasteiger partial charge in [-0.3, -0.25) is 0 Å². The maximum Gasteiger partial charge on any atom is 0.244 e. The summed E-state index contributed by atoms with van der Waals surface area (Å²) in [5.74, 6) is 0. The van der Waals surface area contributed by atoms with Crippen LogP contribution in [-0.4, -0.2) is 45.1 Å². The average Bonchev–Trinajstić information content (AvgIpc) is 2.49. The summed E-state index contributed by atoms with van der Waals surface area (Å²) in [6.07, 6.45) is 1.52. The average molecular weight is 369 g/mol. The molecule has 2 N–H and O–H groups in total. The van der Waals surface area contributed by atoms with Crippen LogP contribution in [0.4, 0.5) is 0 Å². The van der Waals surface area contributed by atoms with Crippen LogP contribution in [0.1, 0.15) is 18.9 Å². The van der Waals surface area contributed by atoms with E-state index in [1.54, 1.807) is 12.1 Å². The third-order valence-electron chi connectivity index (χ3n) is 3.52. The van der Waals surface area contributed by atoms with Gasteiger partial charge in [-0.05, 0) is 24.1 Å². The predicted molar refractivity (Wildman–Crippen MR) is 90.2 cm³/mol. The van der Waals surface area contributed by atoms with Gasteiger partial charge < -0.3 is 10.5 Å². The lowest BCUT2D eigenvalue weighted by Gasteiger charge is -2.31. The Hall–Kier alpha value is -0.370. The van der Waals surface area contributed by atoms with Crippen molar-refractivity contribution in [2.75, 3.05) is 26.2 Å². The van der Waals surface area contributed by atoms with Crippen molar-refractivity contribution >= 4 is 34.0 Å². The summed E-state index contributed by atoms with van der Waals surface area (Å²) in [5.41, 5.74) is 6.54. The quantitative estimate of drug-likeness (QED) is 0.862. The predicted octanol–water partition coefficient (Wildman–Crippen LogP) is 2.06. The van der Waals surface area contributed by atoms with Crippen molar-refractivity contribution in [3.63, 3.8) is 0 Å². The van der Waals surface area contributed by atoms with Gasteiger partial charge in [0.1, 0.15) is 4.90 Å². The SMILES string of the molecule is CCCc1ccc(Cl)c(S(=O)(=O)N2CCOC(CN)C2)c1.Cl. The van der Waals surface area contributed by atoms with E-state index in [9.17, 15) is 8.42 Å². The van der Waals surface area contributed by atoms with Gasteiger partial charge in [-0.1, -0.05) is 31.0 Å². The molecule has 126 valence electrons. The molecule has 0 bridgehead atoms. The summed E-state index contributed by atoms with van der Waals surface area (Å²) in [5, 5.41) is 0.255. The van der Waals surface area contributed by atoms with Crippen LogP contribution in [0.3, 0.4) is 0 Å². The molecule has 1 unspecified atom stereocenters. The van der Waals surface area contributed by atoms with Crippen molar-refractivity contribution in [1.82, 2.24) is 4.31 Å². The number of nitrogens with two attached hydrogens (primary N) is 1. The molecule has 2 rings (SSSR count). The largest absolute Gasteiger partial charge is 0.374 e. The van der Waals surface area contributed by atoms with Gasteiger partial charge in [-0.15, -0.1) is 12.4 Å². The molecule has 1 aliphatic heterocycles. The molecule has 8 heteroatoms. The zero-order valence-electron chi connectivity index (χ0n) is 12.5. The number of hydrogen-bond donors (Lipinski definition) is 1. The molecule has 1 atom stereocenters. The minimum absolute atomic E-state index is 0.